The van der Waals surface area contributed by atoms with Crippen LogP contribution in [0.25, 0.3) is 5.65 Å². The molecule has 0 aliphatic carbocycles. The van der Waals surface area contributed by atoms with Gasteiger partial charge in [-0.1, -0.05) is 18.2 Å². The Morgan fingerprint density at radius 3 is 2.88 bits per heavy atom. The van der Waals surface area contributed by atoms with Gasteiger partial charge in [-0.15, -0.1) is 0 Å². The molecule has 5 nitrogen and oxygen atoms in total. The first kappa shape index (κ1) is 14.8. The highest BCUT2D eigenvalue weighted by molar-refractivity contribution is 5.51. The summed E-state index contributed by atoms with van der Waals surface area (Å²) in [7, 11) is 0. The van der Waals surface area contributed by atoms with Crippen LogP contribution in [0.4, 0.5) is 10.2 Å². The number of aliphatic hydroxyl groups excluding tert-OH is 1. The third-order valence-corrected chi connectivity index (χ3v) is 4.36. The molecule has 0 unspecified atom stereocenters. The molecule has 3 aromatic rings. The number of pyridine rings is 1. The minimum atomic E-state index is -0.547. The van der Waals surface area contributed by atoms with Crippen LogP contribution in [0.3, 0.4) is 0 Å². The molecule has 3 heterocycles. The predicted molar refractivity (Wildman–Crippen MR) is 88.6 cm³/mol. The van der Waals surface area contributed by atoms with Crippen molar-refractivity contribution in [3.05, 3.63) is 76.5 Å². The number of aromatic nitrogens is 2. The Morgan fingerprint density at radius 1 is 1.17 bits per heavy atom. The lowest BCUT2D eigenvalue weighted by molar-refractivity contribution is 0.194. The fourth-order valence-electron chi connectivity index (χ4n) is 3.29. The molecule has 6 heteroatoms. The van der Waals surface area contributed by atoms with E-state index in [2.05, 4.69) is 4.98 Å². The van der Waals surface area contributed by atoms with Gasteiger partial charge in [-0.3, -0.25) is 9.20 Å². The van der Waals surface area contributed by atoms with Gasteiger partial charge in [-0.2, -0.15) is 0 Å². The second kappa shape index (κ2) is 5.72. The molecule has 0 radical (unpaired) electrons. The molecular formula is C18H16FN3O2. The summed E-state index contributed by atoms with van der Waals surface area (Å²) in [6, 6.07) is 12.9. The first-order valence-electron chi connectivity index (χ1n) is 7.80. The average Bonchev–Trinajstić information content (AvgIpc) is 2.97. The topological polar surface area (TPSA) is 57.8 Å². The van der Waals surface area contributed by atoms with Gasteiger partial charge >= 0.3 is 0 Å². The maximum Gasteiger partial charge on any atom is 0.259 e. The third-order valence-electron chi connectivity index (χ3n) is 4.36. The number of hydrogen-bond donors (Lipinski definition) is 1. The summed E-state index contributed by atoms with van der Waals surface area (Å²) in [4.78, 5) is 18.7. The number of fused-ring (bicyclic) bond motifs is 1. The number of anilines is 1. The predicted octanol–water partition coefficient (Wildman–Crippen LogP) is 2.15. The fraction of sp³-hybridized carbons (Fsp3) is 0.222. The van der Waals surface area contributed by atoms with Crippen LogP contribution < -0.4 is 10.5 Å². The Hall–Kier alpha value is -2.73. The molecule has 2 atom stereocenters. The van der Waals surface area contributed by atoms with Crippen molar-refractivity contribution >= 4 is 11.5 Å². The molecular weight excluding hydrogens is 309 g/mol. The van der Waals surface area contributed by atoms with Gasteiger partial charge in [-0.25, -0.2) is 9.37 Å². The van der Waals surface area contributed by atoms with E-state index in [0.717, 1.165) is 5.56 Å². The molecule has 0 amide bonds. The zero-order chi connectivity index (χ0) is 16.7. The number of benzene rings is 1. The maximum atomic E-state index is 13.6. The molecule has 0 saturated carbocycles. The Labute approximate surface area is 137 Å². The van der Waals surface area contributed by atoms with Crippen molar-refractivity contribution in [2.24, 2.45) is 0 Å². The molecule has 24 heavy (non-hydrogen) atoms. The summed E-state index contributed by atoms with van der Waals surface area (Å²) >= 11 is 0. The van der Waals surface area contributed by atoms with Crippen molar-refractivity contribution in [2.45, 2.75) is 18.6 Å². The molecule has 1 aromatic carbocycles. The summed E-state index contributed by atoms with van der Waals surface area (Å²) in [6.45, 7) is 0.358. The van der Waals surface area contributed by atoms with E-state index in [9.17, 15) is 14.3 Å². The number of halogens is 1. The highest BCUT2D eigenvalue weighted by Crippen LogP contribution is 2.35. The van der Waals surface area contributed by atoms with Crippen molar-refractivity contribution in [2.75, 3.05) is 11.4 Å². The van der Waals surface area contributed by atoms with E-state index in [4.69, 9.17) is 0 Å². The summed E-state index contributed by atoms with van der Waals surface area (Å²) < 4.78 is 15.0. The van der Waals surface area contributed by atoms with Crippen LogP contribution in [0.2, 0.25) is 0 Å². The summed E-state index contributed by atoms with van der Waals surface area (Å²) in [5, 5.41) is 10.1. The minimum absolute atomic E-state index is 0.185. The minimum Gasteiger partial charge on any atom is -0.391 e. The van der Waals surface area contributed by atoms with E-state index in [0.29, 0.717) is 24.4 Å². The SMILES string of the molecule is O=c1cc(N2C[C@H](O)C[C@H]2c2cccc(F)c2)nc2ccccn12. The van der Waals surface area contributed by atoms with Crippen LogP contribution in [-0.2, 0) is 0 Å². The van der Waals surface area contributed by atoms with Gasteiger partial charge in [0.05, 0.1) is 12.1 Å². The quantitative estimate of drug-likeness (QED) is 0.784. The summed E-state index contributed by atoms with van der Waals surface area (Å²) in [6.07, 6.45) is 1.59. The molecule has 1 saturated heterocycles. The number of hydrogen-bond acceptors (Lipinski definition) is 4. The zero-order valence-electron chi connectivity index (χ0n) is 12.8. The maximum absolute atomic E-state index is 13.6. The van der Waals surface area contributed by atoms with E-state index >= 15 is 0 Å². The highest BCUT2D eigenvalue weighted by Gasteiger charge is 2.33. The molecule has 1 N–H and O–H groups in total. The van der Waals surface area contributed by atoms with Crippen molar-refractivity contribution in [3.63, 3.8) is 0 Å². The average molecular weight is 325 g/mol. The van der Waals surface area contributed by atoms with E-state index in [1.54, 1.807) is 24.4 Å². The number of rotatable bonds is 2. The van der Waals surface area contributed by atoms with Gasteiger partial charge < -0.3 is 10.0 Å². The Morgan fingerprint density at radius 2 is 2.04 bits per heavy atom. The first-order valence-corrected chi connectivity index (χ1v) is 7.80. The van der Waals surface area contributed by atoms with Crippen molar-refractivity contribution in [3.8, 4) is 0 Å². The molecule has 1 aliphatic heterocycles. The van der Waals surface area contributed by atoms with Gasteiger partial charge in [0, 0.05) is 18.8 Å². The van der Waals surface area contributed by atoms with Crippen LogP contribution in [0.5, 0.6) is 0 Å². The Balaban J connectivity index is 1.80. The van der Waals surface area contributed by atoms with Crippen molar-refractivity contribution in [1.29, 1.82) is 0 Å². The molecule has 1 aliphatic rings. The van der Waals surface area contributed by atoms with Crippen LogP contribution in [-0.4, -0.2) is 27.1 Å². The van der Waals surface area contributed by atoms with Gasteiger partial charge in [0.25, 0.3) is 5.56 Å². The Kier molecular flexibility index (Phi) is 3.54. The zero-order valence-corrected chi connectivity index (χ0v) is 12.8. The van der Waals surface area contributed by atoms with E-state index < -0.39 is 6.10 Å². The standard InChI is InChI=1S/C18H16FN3O2/c19-13-5-3-4-12(8-13)15-9-14(23)11-22(15)17-10-18(24)21-7-2-1-6-16(21)20-17/h1-8,10,14-15,23H,9,11H2/t14-,15+/m1/s1. The molecule has 0 spiro atoms. The van der Waals surface area contributed by atoms with Crippen molar-refractivity contribution < 1.29 is 9.50 Å². The lowest BCUT2D eigenvalue weighted by Gasteiger charge is -2.25. The van der Waals surface area contributed by atoms with Gasteiger partial charge in [-0.05, 0) is 36.2 Å². The first-order chi connectivity index (χ1) is 11.6. The lowest BCUT2D eigenvalue weighted by Crippen LogP contribution is -2.27. The van der Waals surface area contributed by atoms with Crippen molar-refractivity contribution in [1.82, 2.24) is 9.38 Å². The summed E-state index contributed by atoms with van der Waals surface area (Å²) in [5.41, 5.74) is 1.12. The molecule has 0 bridgehead atoms. The lowest BCUT2D eigenvalue weighted by atomic mass is 10.0. The van der Waals surface area contributed by atoms with Crippen LogP contribution in [0, 0.1) is 5.82 Å². The Bertz CT molecular complexity index is 956. The largest absolute Gasteiger partial charge is 0.391 e. The molecule has 4 rings (SSSR count). The second-order valence-electron chi connectivity index (χ2n) is 5.99. The third kappa shape index (κ3) is 2.55. The van der Waals surface area contributed by atoms with Gasteiger partial charge in [0.1, 0.15) is 17.3 Å². The monoisotopic (exact) mass is 325 g/mol. The van der Waals surface area contributed by atoms with E-state index in [1.807, 2.05) is 17.0 Å². The normalized spacial score (nSPS) is 20.7. The second-order valence-corrected chi connectivity index (χ2v) is 5.99. The molecule has 1 fully saturated rings. The molecule has 2 aromatic heterocycles. The summed E-state index contributed by atoms with van der Waals surface area (Å²) in [5.74, 6) is 0.178. The van der Waals surface area contributed by atoms with E-state index in [1.165, 1.54) is 22.6 Å². The highest BCUT2D eigenvalue weighted by atomic mass is 19.1. The smallest absolute Gasteiger partial charge is 0.259 e. The number of nitrogens with zero attached hydrogens (tertiary/aromatic N) is 3. The van der Waals surface area contributed by atoms with E-state index in [-0.39, 0.29) is 17.4 Å². The van der Waals surface area contributed by atoms with Crippen LogP contribution in [0.1, 0.15) is 18.0 Å². The van der Waals surface area contributed by atoms with Gasteiger partial charge in [0.15, 0.2) is 0 Å². The van der Waals surface area contributed by atoms with Crippen LogP contribution in [0.15, 0.2) is 59.5 Å². The molecule has 122 valence electrons. The van der Waals surface area contributed by atoms with Crippen LogP contribution >= 0.6 is 0 Å². The number of aliphatic hydroxyl groups is 1. The van der Waals surface area contributed by atoms with Gasteiger partial charge in [0.2, 0.25) is 0 Å². The number of β-amino-alcohol motifs (C(OH)–C–C–N with tert-alkyl or cyclic N) is 1. The fourth-order valence-corrected chi connectivity index (χ4v) is 3.29.